The molecule has 0 saturated carbocycles. The molecule has 3 rings (SSSR count). The SMILES string of the molecule is Cc1c(C(=O)O[P+](=O)[O-])c(C)c(-c2ccccc2)c(C)c1-c1ccccc1. The van der Waals surface area contributed by atoms with Crippen molar-refractivity contribution in [2.45, 2.75) is 20.8 Å². The summed E-state index contributed by atoms with van der Waals surface area (Å²) in [6, 6.07) is 19.5. The fourth-order valence-corrected chi connectivity index (χ4v) is 3.94. The molecule has 1 atom stereocenters. The minimum Gasteiger partial charge on any atom is -0.558 e. The van der Waals surface area contributed by atoms with E-state index in [1.54, 1.807) is 0 Å². The van der Waals surface area contributed by atoms with Crippen LogP contribution in [0.4, 0.5) is 0 Å². The third kappa shape index (κ3) is 3.68. The molecule has 27 heavy (non-hydrogen) atoms. The Morgan fingerprint density at radius 1 is 0.778 bits per heavy atom. The normalized spacial score (nSPS) is 11.2. The van der Waals surface area contributed by atoms with E-state index >= 15 is 0 Å². The van der Waals surface area contributed by atoms with E-state index in [2.05, 4.69) is 4.52 Å². The average Bonchev–Trinajstić information content (AvgIpc) is 2.63. The van der Waals surface area contributed by atoms with Crippen molar-refractivity contribution in [2.75, 3.05) is 0 Å². The number of carbonyl (C=O) groups excluding carboxylic acids is 1. The molecule has 3 aromatic carbocycles. The van der Waals surface area contributed by atoms with Crippen LogP contribution in [0.15, 0.2) is 60.7 Å². The second-order valence-electron chi connectivity index (χ2n) is 6.33. The van der Waals surface area contributed by atoms with E-state index < -0.39 is 14.2 Å². The summed E-state index contributed by atoms with van der Waals surface area (Å²) in [5, 5.41) is 0. The molecule has 0 saturated heterocycles. The van der Waals surface area contributed by atoms with Crippen LogP contribution in [0.1, 0.15) is 27.0 Å². The molecular formula is C22H19O4P. The minimum atomic E-state index is -3.27. The van der Waals surface area contributed by atoms with E-state index in [-0.39, 0.29) is 5.56 Å². The predicted molar refractivity (Wildman–Crippen MR) is 105 cm³/mol. The molecule has 4 nitrogen and oxygen atoms in total. The van der Waals surface area contributed by atoms with Gasteiger partial charge >= 0.3 is 14.2 Å². The zero-order valence-electron chi connectivity index (χ0n) is 15.4. The van der Waals surface area contributed by atoms with Gasteiger partial charge < -0.3 is 4.89 Å². The van der Waals surface area contributed by atoms with E-state index in [0.29, 0.717) is 11.1 Å². The molecule has 1 unspecified atom stereocenters. The van der Waals surface area contributed by atoms with Gasteiger partial charge in [-0.25, -0.2) is 9.32 Å². The lowest BCUT2D eigenvalue weighted by molar-refractivity contribution is -0.181. The predicted octanol–water partition coefficient (Wildman–Crippen LogP) is 5.12. The van der Waals surface area contributed by atoms with Crippen LogP contribution in [0.25, 0.3) is 22.3 Å². The summed E-state index contributed by atoms with van der Waals surface area (Å²) in [5.41, 5.74) is 6.48. The highest BCUT2D eigenvalue weighted by atomic mass is 31.1. The molecule has 136 valence electrons. The molecule has 0 aromatic heterocycles. The third-order valence-electron chi connectivity index (χ3n) is 4.74. The maximum Gasteiger partial charge on any atom is 0.542 e. The lowest BCUT2D eigenvalue weighted by atomic mass is 9.83. The largest absolute Gasteiger partial charge is 0.558 e. The topological polar surface area (TPSA) is 66.4 Å². The first-order valence-corrected chi connectivity index (χ1v) is 9.62. The first-order valence-electron chi connectivity index (χ1n) is 8.53. The van der Waals surface area contributed by atoms with Gasteiger partial charge in [-0.15, -0.1) is 0 Å². The van der Waals surface area contributed by atoms with E-state index in [1.807, 2.05) is 81.4 Å². The van der Waals surface area contributed by atoms with E-state index in [9.17, 15) is 14.3 Å². The summed E-state index contributed by atoms with van der Waals surface area (Å²) in [6.45, 7) is 5.67. The van der Waals surface area contributed by atoms with Crippen LogP contribution in [-0.4, -0.2) is 5.97 Å². The van der Waals surface area contributed by atoms with Crippen LogP contribution >= 0.6 is 8.25 Å². The molecule has 5 heteroatoms. The Bertz CT molecular complexity index is 945. The fraction of sp³-hybridized carbons (Fsp3) is 0.136. The van der Waals surface area contributed by atoms with Crippen LogP contribution in [0.3, 0.4) is 0 Å². The third-order valence-corrected chi connectivity index (χ3v) is 5.05. The molecule has 3 aromatic rings. The van der Waals surface area contributed by atoms with E-state index in [1.165, 1.54) is 0 Å². The van der Waals surface area contributed by atoms with Crippen LogP contribution in [-0.2, 0) is 9.09 Å². The maximum atomic E-state index is 12.6. The molecule has 0 fully saturated rings. The zero-order valence-corrected chi connectivity index (χ0v) is 16.2. The van der Waals surface area contributed by atoms with Crippen molar-refractivity contribution in [1.29, 1.82) is 0 Å². The van der Waals surface area contributed by atoms with Gasteiger partial charge in [-0.1, -0.05) is 60.7 Å². The average molecular weight is 378 g/mol. The number of carbonyl (C=O) groups is 1. The van der Waals surface area contributed by atoms with Crippen molar-refractivity contribution in [3.63, 3.8) is 0 Å². The molecule has 0 heterocycles. The Balaban J connectivity index is 2.38. The molecule has 0 N–H and O–H groups in total. The lowest BCUT2D eigenvalue weighted by Crippen LogP contribution is -2.11. The van der Waals surface area contributed by atoms with E-state index in [0.717, 1.165) is 27.8 Å². The van der Waals surface area contributed by atoms with Crippen molar-refractivity contribution in [3.8, 4) is 22.3 Å². The fourth-order valence-electron chi connectivity index (χ4n) is 3.71. The number of benzene rings is 3. The summed E-state index contributed by atoms with van der Waals surface area (Å²) < 4.78 is 15.5. The smallest absolute Gasteiger partial charge is 0.542 e. The Hall–Kier alpha value is -2.81. The van der Waals surface area contributed by atoms with Crippen molar-refractivity contribution in [3.05, 3.63) is 82.9 Å². The monoisotopic (exact) mass is 378 g/mol. The van der Waals surface area contributed by atoms with E-state index in [4.69, 9.17) is 0 Å². The summed E-state index contributed by atoms with van der Waals surface area (Å²) in [7, 11) is -3.27. The first-order chi connectivity index (χ1) is 12.9. The molecule has 0 spiro atoms. The van der Waals surface area contributed by atoms with Crippen LogP contribution in [0.5, 0.6) is 0 Å². The van der Waals surface area contributed by atoms with Crippen molar-refractivity contribution in [1.82, 2.24) is 0 Å². The summed E-state index contributed by atoms with van der Waals surface area (Å²) >= 11 is 0. The second-order valence-corrected chi connectivity index (χ2v) is 6.96. The Labute approximate surface area is 159 Å². The van der Waals surface area contributed by atoms with Gasteiger partial charge in [-0.2, -0.15) is 0 Å². The number of rotatable bonds is 4. The van der Waals surface area contributed by atoms with Gasteiger partial charge in [0.05, 0.1) is 5.56 Å². The van der Waals surface area contributed by atoms with Gasteiger partial charge in [-0.05, 0) is 64.3 Å². The van der Waals surface area contributed by atoms with Gasteiger partial charge in [0, 0.05) is 0 Å². The molecule has 0 bridgehead atoms. The quantitative estimate of drug-likeness (QED) is 0.591. The summed E-state index contributed by atoms with van der Waals surface area (Å²) in [5.74, 6) is -0.851. The lowest BCUT2D eigenvalue weighted by Gasteiger charge is -2.21. The highest BCUT2D eigenvalue weighted by Gasteiger charge is 2.27. The Morgan fingerprint density at radius 3 is 1.56 bits per heavy atom. The van der Waals surface area contributed by atoms with Crippen LogP contribution < -0.4 is 4.89 Å². The van der Waals surface area contributed by atoms with Gasteiger partial charge in [0.1, 0.15) is 0 Å². The van der Waals surface area contributed by atoms with Crippen LogP contribution in [0.2, 0.25) is 0 Å². The van der Waals surface area contributed by atoms with Crippen molar-refractivity contribution in [2.24, 2.45) is 0 Å². The minimum absolute atomic E-state index is 0.289. The van der Waals surface area contributed by atoms with Gasteiger partial charge in [0.2, 0.25) is 0 Å². The summed E-state index contributed by atoms with van der Waals surface area (Å²) in [6.07, 6.45) is 0. The molecule has 0 aliphatic heterocycles. The molecular weight excluding hydrogens is 359 g/mol. The maximum absolute atomic E-state index is 12.6. The van der Waals surface area contributed by atoms with Gasteiger partial charge in [0.25, 0.3) is 0 Å². The highest BCUT2D eigenvalue weighted by Crippen LogP contribution is 2.40. The number of hydrogen-bond donors (Lipinski definition) is 0. The van der Waals surface area contributed by atoms with Crippen molar-refractivity contribution >= 4 is 14.2 Å². The standard InChI is InChI=1S/C22H19O4P/c1-14-19(17-10-6-4-7-11-17)15(2)21(22(23)26-27(24)25)16(3)20(14)18-12-8-5-9-13-18/h4-13H,1-3H3. The molecule has 0 radical (unpaired) electrons. The first kappa shape index (κ1) is 19.0. The molecule has 0 aliphatic carbocycles. The van der Waals surface area contributed by atoms with Gasteiger partial charge in [-0.3, -0.25) is 0 Å². The van der Waals surface area contributed by atoms with Crippen molar-refractivity contribution < 1.29 is 18.8 Å². The van der Waals surface area contributed by atoms with Crippen LogP contribution in [0, 0.1) is 20.8 Å². The van der Waals surface area contributed by atoms with Gasteiger partial charge in [0.15, 0.2) is 0 Å². The second kappa shape index (κ2) is 7.83. The zero-order chi connectivity index (χ0) is 19.6. The Kier molecular flexibility index (Phi) is 5.50. The summed E-state index contributed by atoms with van der Waals surface area (Å²) in [4.78, 5) is 23.5. The molecule has 0 aliphatic rings. The highest BCUT2D eigenvalue weighted by molar-refractivity contribution is 7.31. The molecule has 0 amide bonds. The number of hydrogen-bond acceptors (Lipinski definition) is 4. The Morgan fingerprint density at radius 2 is 1.19 bits per heavy atom.